The minimum Gasteiger partial charge on any atom is -0.407 e. The lowest BCUT2D eigenvalue weighted by molar-refractivity contribution is -0.683. The Kier molecular flexibility index (Phi) is 38.1. The van der Waals surface area contributed by atoms with E-state index in [2.05, 4.69) is 135 Å². The van der Waals surface area contributed by atoms with Crippen molar-refractivity contribution in [2.24, 2.45) is 0 Å². The number of hydrogen-bond acceptors (Lipinski definition) is 8. The minimum absolute atomic E-state index is 0.174. The molecule has 2 aliphatic heterocycles. The average Bonchev–Trinajstić information content (AvgIpc) is 3.89. The smallest absolute Gasteiger partial charge is 0.345 e. The van der Waals surface area contributed by atoms with Gasteiger partial charge >= 0.3 is 24.0 Å². The molecule has 74 heavy (non-hydrogen) atoms. The number of benzene rings is 3. The highest BCUT2D eigenvalue weighted by Gasteiger charge is 2.43. The zero-order valence-electron chi connectivity index (χ0n) is 45.2. The van der Waals surface area contributed by atoms with Gasteiger partial charge in [-0.25, -0.2) is 32.2 Å². The average molecular weight is 1090 g/mol. The minimum atomic E-state index is -1.62. The van der Waals surface area contributed by atoms with E-state index in [0.717, 1.165) is 55.3 Å². The van der Waals surface area contributed by atoms with Crippen molar-refractivity contribution in [2.75, 3.05) is 45.8 Å². The molecule has 2 aliphatic rings. The highest BCUT2D eigenvalue weighted by molar-refractivity contribution is 7.85. The number of nitrogens with one attached hydrogen (secondary N) is 9. The van der Waals surface area contributed by atoms with Crippen molar-refractivity contribution in [1.82, 2.24) is 42.1 Å². The van der Waals surface area contributed by atoms with Crippen LogP contribution >= 0.6 is 0 Å². The largest absolute Gasteiger partial charge is 0.407 e. The standard InChI is InChI=1S/C19H32.C13H12O2S.C11H26N6.C5H8N4O2.C5H8O4S2/c1-3-4-5-6-7-8-9-10-11-12-13-19-16-14-18(2)15-17-19;1-11-7-9-12(10-8-11)15-16(14)13-5-3-2-4-6-13;1-5-12-10(13-6-2)16-9-17-11(14-7-3)15-8-4;1-9-3-2(7-5(9)11)6-4(10)8-3;1-3-8-11(7)5-9-10(6)4-2/h14-17H,3-13H2,1-2H3;2-10H,1H3;5-9H2,1-4H3,(H2,12,13,16)(H2,14,15,17);2-3H,1H3,(H,7,11)(H2,6,8,10);3-4H,1-2,5H2/p+2. The molecule has 18 nitrogen and oxygen atoms in total. The number of carbonyl (C=O) groups excluding carboxylic acids is 2. The summed E-state index contributed by atoms with van der Waals surface area (Å²) in [5, 5.41) is 21.7. The number of urea groups is 2. The Hall–Kier alpha value is -5.77. The van der Waals surface area contributed by atoms with Crippen molar-refractivity contribution in [1.29, 1.82) is 0 Å². The summed E-state index contributed by atoms with van der Waals surface area (Å²) < 4.78 is 47.0. The van der Waals surface area contributed by atoms with Crippen LogP contribution in [-0.2, 0) is 48.0 Å². The van der Waals surface area contributed by atoms with Crippen LogP contribution in [0.25, 0.3) is 0 Å². The molecule has 0 saturated carbocycles. The topological polar surface area (TPSA) is 228 Å². The van der Waals surface area contributed by atoms with Gasteiger partial charge in [0.05, 0.1) is 37.3 Å². The third kappa shape index (κ3) is 31.7. The van der Waals surface area contributed by atoms with Gasteiger partial charge in [0.25, 0.3) is 0 Å². The number of carbonyl (C=O) groups is 2. The molecule has 4 amide bonds. The molecule has 0 aromatic heterocycles. The van der Waals surface area contributed by atoms with Crippen molar-refractivity contribution in [2.45, 2.75) is 136 Å². The van der Waals surface area contributed by atoms with Crippen LogP contribution in [-0.4, -0.2) is 99.7 Å². The van der Waals surface area contributed by atoms with Crippen LogP contribution in [0.3, 0.4) is 0 Å². The molecule has 3 aromatic rings. The summed E-state index contributed by atoms with van der Waals surface area (Å²) in [7, 11) is 1.63. The molecule has 0 aliphatic carbocycles. The van der Waals surface area contributed by atoms with Gasteiger partial charge in [-0.3, -0.25) is 25.5 Å². The highest BCUT2D eigenvalue weighted by atomic mass is 32.2. The Bertz CT molecular complexity index is 2100. The lowest BCUT2D eigenvalue weighted by Crippen LogP contribution is -2.98. The number of amides is 4. The van der Waals surface area contributed by atoms with Gasteiger partial charge in [-0.2, -0.15) is 0 Å². The van der Waals surface area contributed by atoms with E-state index in [1.807, 2.05) is 49.4 Å². The van der Waals surface area contributed by atoms with Crippen molar-refractivity contribution in [3.05, 3.63) is 120 Å². The number of fused-ring (bicyclic) bond motifs is 1. The SMILES string of the molecule is C=COS(=O)COS(=O)C=C.CCCCCCCCCCCCc1ccc(C)cc1.CCNC(NCC)=[NH+]C[NH+]=C(NCC)NCC.CN1C(=O)NC2NC(=O)NC21.Cc1ccc(OS(=O)c2ccccc2)cc1. The summed E-state index contributed by atoms with van der Waals surface area (Å²) in [6.45, 7) is 25.3. The number of unbranched alkanes of at least 4 members (excludes halogenated alkanes) is 9. The van der Waals surface area contributed by atoms with Crippen LogP contribution in [0.1, 0.15) is 116 Å². The predicted molar refractivity (Wildman–Crippen MR) is 302 cm³/mol. The lowest BCUT2D eigenvalue weighted by atomic mass is 10.0. The van der Waals surface area contributed by atoms with Gasteiger partial charge in [0.1, 0.15) is 18.1 Å². The normalized spacial score (nSPS) is 14.8. The van der Waals surface area contributed by atoms with Gasteiger partial charge in [0.2, 0.25) is 22.2 Å². The van der Waals surface area contributed by atoms with Gasteiger partial charge in [0.15, 0.2) is 23.7 Å². The molecule has 2 fully saturated rings. The maximum Gasteiger partial charge on any atom is 0.345 e. The highest BCUT2D eigenvalue weighted by Crippen LogP contribution is 2.17. The number of guanidine groups is 2. The second kappa shape index (κ2) is 42.6. The predicted octanol–water partition coefficient (Wildman–Crippen LogP) is 5.01. The Labute approximate surface area is 450 Å². The molecule has 21 heteroatoms. The van der Waals surface area contributed by atoms with E-state index in [9.17, 15) is 22.2 Å². The monoisotopic (exact) mass is 1090 g/mol. The van der Waals surface area contributed by atoms with Gasteiger partial charge < -0.3 is 29.2 Å². The van der Waals surface area contributed by atoms with Crippen molar-refractivity contribution in [3.8, 4) is 5.75 Å². The molecule has 2 saturated heterocycles. The summed E-state index contributed by atoms with van der Waals surface area (Å²) in [4.78, 5) is 30.2. The van der Waals surface area contributed by atoms with Gasteiger partial charge in [0, 0.05) is 12.5 Å². The second-order valence-corrected chi connectivity index (χ2v) is 19.8. The molecule has 2 heterocycles. The van der Waals surface area contributed by atoms with E-state index in [1.54, 1.807) is 19.2 Å². The molecular formula is C53H88N10O8S3+2. The van der Waals surface area contributed by atoms with Crippen LogP contribution < -0.4 is 51.4 Å². The molecule has 3 aromatic carbocycles. The lowest BCUT2D eigenvalue weighted by Gasteiger charge is -2.14. The van der Waals surface area contributed by atoms with Crippen LogP contribution in [0.4, 0.5) is 9.59 Å². The third-order valence-corrected chi connectivity index (χ3v) is 12.9. The van der Waals surface area contributed by atoms with E-state index < -0.39 is 33.2 Å². The van der Waals surface area contributed by atoms with Crippen molar-refractivity contribution < 1.29 is 44.7 Å². The number of rotatable bonds is 26. The zero-order chi connectivity index (χ0) is 54.8. The van der Waals surface area contributed by atoms with E-state index in [-0.39, 0.29) is 30.3 Å². The quantitative estimate of drug-likeness (QED) is 0.0170. The number of aryl methyl sites for hydroxylation is 3. The Morgan fingerprint density at radius 2 is 1.18 bits per heavy atom. The fraction of sp³-hybridized carbons (Fsp3) is 0.509. The molecule has 0 bridgehead atoms. The fourth-order valence-electron chi connectivity index (χ4n) is 6.65. The molecule has 0 radical (unpaired) electrons. The first-order valence-electron chi connectivity index (χ1n) is 25.6. The molecule has 9 N–H and O–H groups in total. The fourth-order valence-corrected chi connectivity index (χ4v) is 8.41. The summed E-state index contributed by atoms with van der Waals surface area (Å²) in [5.74, 6) is 2.27. The summed E-state index contributed by atoms with van der Waals surface area (Å²) in [6.07, 6.45) is 16.0. The van der Waals surface area contributed by atoms with Crippen LogP contribution in [0, 0.1) is 13.8 Å². The molecule has 0 spiro atoms. The van der Waals surface area contributed by atoms with Gasteiger partial charge in [-0.05, 0) is 84.2 Å². The second-order valence-electron chi connectivity index (χ2n) is 16.6. The van der Waals surface area contributed by atoms with Gasteiger partial charge in [-0.1, -0.05) is 144 Å². The molecule has 5 atom stereocenters. The van der Waals surface area contributed by atoms with E-state index in [4.69, 9.17) is 4.18 Å². The third-order valence-electron chi connectivity index (χ3n) is 10.5. The first-order valence-corrected chi connectivity index (χ1v) is 29.1. The summed E-state index contributed by atoms with van der Waals surface area (Å²) >= 11 is -4.66. The maximum atomic E-state index is 11.8. The zero-order valence-corrected chi connectivity index (χ0v) is 47.6. The van der Waals surface area contributed by atoms with Crippen LogP contribution in [0.2, 0.25) is 0 Å². The number of hydrogen-bond donors (Lipinski definition) is 9. The van der Waals surface area contributed by atoms with E-state index in [0.29, 0.717) is 17.3 Å². The van der Waals surface area contributed by atoms with Crippen LogP contribution in [0.5, 0.6) is 5.75 Å². The first-order chi connectivity index (χ1) is 35.7. The number of nitrogens with zero attached hydrogens (tertiary/aromatic N) is 1. The van der Waals surface area contributed by atoms with Crippen molar-refractivity contribution >= 4 is 57.2 Å². The molecule has 5 rings (SSSR count). The molecule has 5 unspecified atom stereocenters. The summed E-state index contributed by atoms with van der Waals surface area (Å²) in [5.41, 5.74) is 4.02. The summed E-state index contributed by atoms with van der Waals surface area (Å²) in [6, 6.07) is 25.2. The van der Waals surface area contributed by atoms with Crippen LogP contribution in [0.15, 0.2) is 109 Å². The maximum absolute atomic E-state index is 11.8. The Morgan fingerprint density at radius 1 is 0.676 bits per heavy atom. The van der Waals surface area contributed by atoms with E-state index >= 15 is 0 Å². The molecular weight excluding hydrogens is 1000 g/mol. The first kappa shape index (κ1) is 66.2. The Balaban J connectivity index is 0.000000469. The molecule has 414 valence electrons. The Morgan fingerprint density at radius 3 is 1.65 bits per heavy atom. The van der Waals surface area contributed by atoms with Crippen molar-refractivity contribution in [3.63, 3.8) is 0 Å². The van der Waals surface area contributed by atoms with Gasteiger partial charge in [-0.15, -0.1) is 0 Å². The van der Waals surface area contributed by atoms with E-state index in [1.165, 1.54) is 86.7 Å². The number of likely N-dealkylation sites (N-methyl/N-ethyl adjacent to an activating group) is 1.